The maximum atomic E-state index is 4.31. The first kappa shape index (κ1) is 14.4. The largest absolute Gasteiger partial charge is 0.297 e. The van der Waals surface area contributed by atoms with Crippen LogP contribution in [0.25, 0.3) is 10.8 Å². The molecular formula is C19H22N4. The average molecular weight is 306 g/mol. The molecule has 2 aromatic carbocycles. The number of fused-ring (bicyclic) bond motifs is 1. The molecule has 118 valence electrons. The van der Waals surface area contributed by atoms with Gasteiger partial charge in [-0.2, -0.15) is 0 Å². The van der Waals surface area contributed by atoms with Gasteiger partial charge in [0.25, 0.3) is 0 Å². The van der Waals surface area contributed by atoms with Gasteiger partial charge in [0.05, 0.1) is 5.69 Å². The van der Waals surface area contributed by atoms with E-state index in [1.165, 1.54) is 42.3 Å². The molecule has 4 heteroatoms. The van der Waals surface area contributed by atoms with E-state index in [0.717, 1.165) is 25.2 Å². The van der Waals surface area contributed by atoms with E-state index < -0.39 is 0 Å². The molecular weight excluding hydrogens is 284 g/mol. The SMILES string of the molecule is c1ccc2cc(CCn3cc(CN4CCCC4)nn3)ccc2c1. The third kappa shape index (κ3) is 3.42. The quantitative estimate of drug-likeness (QED) is 0.725. The molecule has 0 bridgehead atoms. The number of nitrogens with zero attached hydrogens (tertiary/aromatic N) is 4. The van der Waals surface area contributed by atoms with Crippen LogP contribution in [0.5, 0.6) is 0 Å². The molecule has 0 atom stereocenters. The zero-order valence-corrected chi connectivity index (χ0v) is 13.4. The van der Waals surface area contributed by atoms with Crippen LogP contribution in [0.2, 0.25) is 0 Å². The molecule has 2 heterocycles. The van der Waals surface area contributed by atoms with Crippen LogP contribution in [-0.4, -0.2) is 33.0 Å². The van der Waals surface area contributed by atoms with Crippen molar-refractivity contribution < 1.29 is 0 Å². The number of hydrogen-bond donors (Lipinski definition) is 0. The second-order valence-electron chi connectivity index (χ2n) is 6.39. The Labute approximate surface area is 136 Å². The molecule has 0 saturated carbocycles. The van der Waals surface area contributed by atoms with Crippen LogP contribution in [0.3, 0.4) is 0 Å². The number of hydrogen-bond acceptors (Lipinski definition) is 3. The summed E-state index contributed by atoms with van der Waals surface area (Å²) in [4.78, 5) is 2.46. The van der Waals surface area contributed by atoms with Crippen molar-refractivity contribution >= 4 is 10.8 Å². The molecule has 3 aromatic rings. The van der Waals surface area contributed by atoms with Gasteiger partial charge in [0.2, 0.25) is 0 Å². The second kappa shape index (κ2) is 6.50. The number of benzene rings is 2. The summed E-state index contributed by atoms with van der Waals surface area (Å²) in [5, 5.41) is 11.2. The van der Waals surface area contributed by atoms with Crippen molar-refractivity contribution in [2.45, 2.75) is 32.4 Å². The monoisotopic (exact) mass is 306 g/mol. The van der Waals surface area contributed by atoms with E-state index in [-0.39, 0.29) is 0 Å². The molecule has 1 saturated heterocycles. The highest BCUT2D eigenvalue weighted by molar-refractivity contribution is 5.82. The zero-order valence-electron chi connectivity index (χ0n) is 13.4. The van der Waals surface area contributed by atoms with Gasteiger partial charge >= 0.3 is 0 Å². The first-order valence-electron chi connectivity index (χ1n) is 8.46. The van der Waals surface area contributed by atoms with Gasteiger partial charge in [0, 0.05) is 19.3 Å². The van der Waals surface area contributed by atoms with Crippen molar-refractivity contribution in [3.8, 4) is 0 Å². The molecule has 23 heavy (non-hydrogen) atoms. The van der Waals surface area contributed by atoms with Crippen molar-refractivity contribution in [1.82, 2.24) is 19.9 Å². The van der Waals surface area contributed by atoms with Crippen molar-refractivity contribution in [3.63, 3.8) is 0 Å². The first-order valence-corrected chi connectivity index (χ1v) is 8.46. The Morgan fingerprint density at radius 1 is 0.957 bits per heavy atom. The van der Waals surface area contributed by atoms with E-state index in [0.29, 0.717) is 0 Å². The number of aromatic nitrogens is 3. The molecule has 1 aromatic heterocycles. The van der Waals surface area contributed by atoms with E-state index in [1.807, 2.05) is 4.68 Å². The Morgan fingerprint density at radius 3 is 2.65 bits per heavy atom. The number of likely N-dealkylation sites (tertiary alicyclic amines) is 1. The summed E-state index contributed by atoms with van der Waals surface area (Å²) in [6.07, 6.45) is 5.71. The lowest BCUT2D eigenvalue weighted by Gasteiger charge is -2.11. The molecule has 0 N–H and O–H groups in total. The Kier molecular flexibility index (Phi) is 4.07. The minimum absolute atomic E-state index is 0.880. The highest BCUT2D eigenvalue weighted by Crippen LogP contribution is 2.16. The summed E-state index contributed by atoms with van der Waals surface area (Å²) in [6.45, 7) is 4.22. The summed E-state index contributed by atoms with van der Waals surface area (Å²) in [5.41, 5.74) is 2.44. The average Bonchev–Trinajstić information content (AvgIpc) is 3.25. The van der Waals surface area contributed by atoms with E-state index in [4.69, 9.17) is 0 Å². The van der Waals surface area contributed by atoms with E-state index in [9.17, 15) is 0 Å². The lowest BCUT2D eigenvalue weighted by Crippen LogP contribution is -2.18. The maximum Gasteiger partial charge on any atom is 0.0967 e. The topological polar surface area (TPSA) is 34.0 Å². The fourth-order valence-corrected chi connectivity index (χ4v) is 3.33. The fraction of sp³-hybridized carbons (Fsp3) is 0.368. The standard InChI is InChI=1S/C19H22N4/c1-2-6-18-13-16(7-8-17(18)5-1)9-12-23-15-19(20-21-23)14-22-10-3-4-11-22/h1-2,5-8,13,15H,3-4,9-12,14H2. The first-order chi connectivity index (χ1) is 11.4. The van der Waals surface area contributed by atoms with Crippen LogP contribution >= 0.6 is 0 Å². The van der Waals surface area contributed by atoms with Gasteiger partial charge in [-0.3, -0.25) is 9.58 Å². The minimum Gasteiger partial charge on any atom is -0.297 e. The Hall–Kier alpha value is -2.20. The third-order valence-corrected chi connectivity index (χ3v) is 4.61. The van der Waals surface area contributed by atoms with Crippen molar-refractivity contribution in [1.29, 1.82) is 0 Å². The van der Waals surface area contributed by atoms with Crippen LogP contribution in [0, 0.1) is 0 Å². The highest BCUT2D eigenvalue weighted by Gasteiger charge is 2.13. The summed E-state index contributed by atoms with van der Waals surface area (Å²) in [5.74, 6) is 0. The molecule has 1 aliphatic rings. The van der Waals surface area contributed by atoms with E-state index >= 15 is 0 Å². The zero-order chi connectivity index (χ0) is 15.5. The van der Waals surface area contributed by atoms with Crippen LogP contribution in [-0.2, 0) is 19.5 Å². The van der Waals surface area contributed by atoms with Gasteiger partial charge in [-0.1, -0.05) is 47.7 Å². The fourth-order valence-electron chi connectivity index (χ4n) is 3.33. The third-order valence-electron chi connectivity index (χ3n) is 4.61. The van der Waals surface area contributed by atoms with E-state index in [1.54, 1.807) is 0 Å². The highest BCUT2D eigenvalue weighted by atomic mass is 15.4. The summed E-state index contributed by atoms with van der Waals surface area (Å²) in [7, 11) is 0. The molecule has 4 nitrogen and oxygen atoms in total. The van der Waals surface area contributed by atoms with Crippen molar-refractivity contribution in [2.75, 3.05) is 13.1 Å². The Bertz CT molecular complexity index is 787. The van der Waals surface area contributed by atoms with Gasteiger partial charge in [-0.15, -0.1) is 5.10 Å². The minimum atomic E-state index is 0.880. The lowest BCUT2D eigenvalue weighted by molar-refractivity contribution is 0.327. The Morgan fingerprint density at radius 2 is 1.78 bits per heavy atom. The molecule has 0 unspecified atom stereocenters. The number of rotatable bonds is 5. The summed E-state index contributed by atoms with van der Waals surface area (Å²) in [6, 6.07) is 15.2. The maximum absolute atomic E-state index is 4.31. The molecule has 0 radical (unpaired) electrons. The lowest BCUT2D eigenvalue weighted by atomic mass is 10.1. The molecule has 1 aliphatic heterocycles. The van der Waals surface area contributed by atoms with Gasteiger partial charge in [0.15, 0.2) is 0 Å². The van der Waals surface area contributed by atoms with Crippen LogP contribution < -0.4 is 0 Å². The van der Waals surface area contributed by atoms with E-state index in [2.05, 4.69) is 63.9 Å². The Balaban J connectivity index is 1.38. The number of aryl methyl sites for hydroxylation is 2. The smallest absolute Gasteiger partial charge is 0.0967 e. The second-order valence-corrected chi connectivity index (χ2v) is 6.39. The van der Waals surface area contributed by atoms with Crippen LogP contribution in [0.1, 0.15) is 24.1 Å². The van der Waals surface area contributed by atoms with Gasteiger partial charge in [0.1, 0.15) is 0 Å². The molecule has 0 aliphatic carbocycles. The van der Waals surface area contributed by atoms with Gasteiger partial charge in [-0.05, 0) is 48.7 Å². The molecule has 1 fully saturated rings. The van der Waals surface area contributed by atoms with Crippen LogP contribution in [0.15, 0.2) is 48.7 Å². The van der Waals surface area contributed by atoms with Gasteiger partial charge < -0.3 is 0 Å². The predicted molar refractivity (Wildman–Crippen MR) is 92.2 cm³/mol. The van der Waals surface area contributed by atoms with Crippen molar-refractivity contribution in [3.05, 3.63) is 59.9 Å². The van der Waals surface area contributed by atoms with Gasteiger partial charge in [-0.25, -0.2) is 0 Å². The molecule has 0 spiro atoms. The molecule has 4 rings (SSSR count). The van der Waals surface area contributed by atoms with Crippen LogP contribution in [0.4, 0.5) is 0 Å². The summed E-state index contributed by atoms with van der Waals surface area (Å²) < 4.78 is 1.97. The molecule has 0 amide bonds. The predicted octanol–water partition coefficient (Wildman–Crippen LogP) is 3.27. The van der Waals surface area contributed by atoms with Crippen molar-refractivity contribution in [2.24, 2.45) is 0 Å². The summed E-state index contributed by atoms with van der Waals surface area (Å²) >= 11 is 0. The normalized spacial score (nSPS) is 15.5.